The van der Waals surface area contributed by atoms with Crippen molar-refractivity contribution in [3.63, 3.8) is 0 Å². The summed E-state index contributed by atoms with van der Waals surface area (Å²) < 4.78 is 13.7. The van der Waals surface area contributed by atoms with Crippen LogP contribution in [-0.4, -0.2) is 54.0 Å². The van der Waals surface area contributed by atoms with Gasteiger partial charge in [-0.05, 0) is 25.8 Å². The monoisotopic (exact) mass is 305 g/mol. The smallest absolute Gasteiger partial charge is 0.237 e. The molecule has 1 aliphatic heterocycles. The first-order chi connectivity index (χ1) is 10.6. The second-order valence-corrected chi connectivity index (χ2v) is 6.36. The van der Waals surface area contributed by atoms with E-state index in [1.807, 2.05) is 19.1 Å². The number of piperazine rings is 1. The standard InChI is InChI=1S/C17H24FN3O/c1-13(17(22)19-15-6-7-15)21-10-8-20(9-11-21)12-14-4-2-3-5-16(14)18/h2-5,13,15H,6-12H2,1H3,(H,19,22)/t13-/m0/s1. The highest BCUT2D eigenvalue weighted by atomic mass is 19.1. The van der Waals surface area contributed by atoms with Crippen LogP contribution in [0.5, 0.6) is 0 Å². The van der Waals surface area contributed by atoms with Gasteiger partial charge in [-0.3, -0.25) is 14.6 Å². The summed E-state index contributed by atoms with van der Waals surface area (Å²) in [7, 11) is 0. The van der Waals surface area contributed by atoms with Crippen molar-refractivity contribution in [1.82, 2.24) is 15.1 Å². The summed E-state index contributed by atoms with van der Waals surface area (Å²) in [6.07, 6.45) is 2.24. The van der Waals surface area contributed by atoms with Crippen LogP contribution >= 0.6 is 0 Å². The first kappa shape index (κ1) is 15.4. The molecule has 1 aromatic carbocycles. The van der Waals surface area contributed by atoms with Crippen molar-refractivity contribution in [2.45, 2.75) is 38.4 Å². The predicted molar refractivity (Wildman–Crippen MR) is 83.9 cm³/mol. The molecule has 3 rings (SSSR count). The van der Waals surface area contributed by atoms with Crippen LogP contribution in [-0.2, 0) is 11.3 Å². The molecule has 120 valence electrons. The second kappa shape index (κ2) is 6.75. The Morgan fingerprint density at radius 1 is 1.27 bits per heavy atom. The molecule has 0 aromatic heterocycles. The molecular formula is C17H24FN3O. The van der Waals surface area contributed by atoms with Crippen LogP contribution in [0.25, 0.3) is 0 Å². The van der Waals surface area contributed by atoms with E-state index in [0.717, 1.165) is 44.6 Å². The van der Waals surface area contributed by atoms with Crippen molar-refractivity contribution in [2.24, 2.45) is 0 Å². The number of halogens is 1. The van der Waals surface area contributed by atoms with Crippen LogP contribution in [0.3, 0.4) is 0 Å². The fraction of sp³-hybridized carbons (Fsp3) is 0.588. The molecule has 1 aromatic rings. The molecule has 4 nitrogen and oxygen atoms in total. The maximum Gasteiger partial charge on any atom is 0.237 e. The molecule has 0 radical (unpaired) electrons. The molecule has 1 atom stereocenters. The third-order valence-corrected chi connectivity index (χ3v) is 4.61. The maximum absolute atomic E-state index is 13.7. The lowest BCUT2D eigenvalue weighted by Crippen LogP contribution is -2.53. The third-order valence-electron chi connectivity index (χ3n) is 4.61. The van der Waals surface area contributed by atoms with Gasteiger partial charge in [-0.1, -0.05) is 18.2 Å². The van der Waals surface area contributed by atoms with Gasteiger partial charge in [0.05, 0.1) is 6.04 Å². The van der Waals surface area contributed by atoms with E-state index >= 15 is 0 Å². The summed E-state index contributed by atoms with van der Waals surface area (Å²) in [6.45, 7) is 6.07. The van der Waals surface area contributed by atoms with Crippen LogP contribution in [0.1, 0.15) is 25.3 Å². The van der Waals surface area contributed by atoms with E-state index in [1.54, 1.807) is 6.07 Å². The van der Waals surface area contributed by atoms with Gasteiger partial charge in [0, 0.05) is 44.3 Å². The number of carbonyl (C=O) groups is 1. The molecule has 0 bridgehead atoms. The zero-order valence-electron chi connectivity index (χ0n) is 13.1. The fourth-order valence-electron chi connectivity index (χ4n) is 2.89. The number of hydrogen-bond donors (Lipinski definition) is 1. The molecule has 22 heavy (non-hydrogen) atoms. The second-order valence-electron chi connectivity index (χ2n) is 6.36. The van der Waals surface area contributed by atoms with E-state index in [0.29, 0.717) is 12.6 Å². The molecule has 1 saturated heterocycles. The Hall–Kier alpha value is -1.46. The summed E-state index contributed by atoms with van der Waals surface area (Å²) in [4.78, 5) is 16.6. The summed E-state index contributed by atoms with van der Waals surface area (Å²) in [6, 6.07) is 7.28. The highest BCUT2D eigenvalue weighted by Gasteiger charge is 2.30. The Bertz CT molecular complexity index is 524. The number of nitrogens with zero attached hydrogens (tertiary/aromatic N) is 2. The van der Waals surface area contributed by atoms with Gasteiger partial charge in [-0.25, -0.2) is 4.39 Å². The van der Waals surface area contributed by atoms with Gasteiger partial charge in [-0.2, -0.15) is 0 Å². The quantitative estimate of drug-likeness (QED) is 0.898. The molecule has 0 spiro atoms. The maximum atomic E-state index is 13.7. The number of hydrogen-bond acceptors (Lipinski definition) is 3. The van der Waals surface area contributed by atoms with Crippen molar-refractivity contribution in [2.75, 3.05) is 26.2 Å². The fourth-order valence-corrected chi connectivity index (χ4v) is 2.89. The van der Waals surface area contributed by atoms with E-state index in [-0.39, 0.29) is 17.8 Å². The van der Waals surface area contributed by atoms with Gasteiger partial charge in [0.15, 0.2) is 0 Å². The first-order valence-electron chi connectivity index (χ1n) is 8.13. The van der Waals surface area contributed by atoms with Crippen molar-refractivity contribution >= 4 is 5.91 Å². The number of rotatable bonds is 5. The topological polar surface area (TPSA) is 35.6 Å². The predicted octanol–water partition coefficient (Wildman–Crippen LogP) is 1.61. The highest BCUT2D eigenvalue weighted by Crippen LogP contribution is 2.19. The van der Waals surface area contributed by atoms with Crippen LogP contribution in [0.2, 0.25) is 0 Å². The third kappa shape index (κ3) is 3.84. The van der Waals surface area contributed by atoms with Crippen molar-refractivity contribution in [3.05, 3.63) is 35.6 Å². The molecule has 1 N–H and O–H groups in total. The molecule has 0 unspecified atom stereocenters. The molecule has 2 aliphatic rings. The minimum Gasteiger partial charge on any atom is -0.352 e. The Morgan fingerprint density at radius 2 is 1.95 bits per heavy atom. The Kier molecular flexibility index (Phi) is 4.74. The van der Waals surface area contributed by atoms with E-state index < -0.39 is 0 Å². The van der Waals surface area contributed by atoms with E-state index in [2.05, 4.69) is 15.1 Å². The Morgan fingerprint density at radius 3 is 2.59 bits per heavy atom. The molecule has 1 amide bonds. The number of nitrogens with one attached hydrogen (secondary N) is 1. The number of carbonyl (C=O) groups excluding carboxylic acids is 1. The highest BCUT2D eigenvalue weighted by molar-refractivity contribution is 5.81. The molecular weight excluding hydrogens is 281 g/mol. The molecule has 1 heterocycles. The van der Waals surface area contributed by atoms with Gasteiger partial charge in [-0.15, -0.1) is 0 Å². The van der Waals surface area contributed by atoms with Gasteiger partial charge >= 0.3 is 0 Å². The minimum absolute atomic E-state index is 0.0730. The first-order valence-corrected chi connectivity index (χ1v) is 8.13. The molecule has 2 fully saturated rings. The van der Waals surface area contributed by atoms with Crippen molar-refractivity contribution in [1.29, 1.82) is 0 Å². The normalized spacial score (nSPS) is 21.5. The SMILES string of the molecule is C[C@@H](C(=O)NC1CC1)N1CCN(Cc2ccccc2F)CC1. The zero-order chi connectivity index (χ0) is 15.5. The van der Waals surface area contributed by atoms with Crippen LogP contribution < -0.4 is 5.32 Å². The Balaban J connectivity index is 1.47. The minimum atomic E-state index is -0.137. The van der Waals surface area contributed by atoms with Crippen molar-refractivity contribution < 1.29 is 9.18 Å². The summed E-state index contributed by atoms with van der Waals surface area (Å²) in [5.41, 5.74) is 0.746. The lowest BCUT2D eigenvalue weighted by atomic mass is 10.1. The summed E-state index contributed by atoms with van der Waals surface area (Å²) in [5.74, 6) is 0.00663. The van der Waals surface area contributed by atoms with E-state index in [9.17, 15) is 9.18 Å². The van der Waals surface area contributed by atoms with Crippen molar-refractivity contribution in [3.8, 4) is 0 Å². The number of amides is 1. The van der Waals surface area contributed by atoms with Gasteiger partial charge in [0.2, 0.25) is 5.91 Å². The van der Waals surface area contributed by atoms with Crippen LogP contribution in [0.4, 0.5) is 4.39 Å². The lowest BCUT2D eigenvalue weighted by Gasteiger charge is -2.37. The molecule has 1 saturated carbocycles. The van der Waals surface area contributed by atoms with E-state index in [4.69, 9.17) is 0 Å². The molecule has 1 aliphatic carbocycles. The van der Waals surface area contributed by atoms with Crippen LogP contribution in [0.15, 0.2) is 24.3 Å². The van der Waals surface area contributed by atoms with E-state index in [1.165, 1.54) is 6.07 Å². The van der Waals surface area contributed by atoms with Gasteiger partial charge < -0.3 is 5.32 Å². The summed E-state index contributed by atoms with van der Waals surface area (Å²) in [5, 5.41) is 3.07. The largest absolute Gasteiger partial charge is 0.352 e. The molecule has 5 heteroatoms. The zero-order valence-corrected chi connectivity index (χ0v) is 13.1. The van der Waals surface area contributed by atoms with Gasteiger partial charge in [0.1, 0.15) is 5.82 Å². The average molecular weight is 305 g/mol. The van der Waals surface area contributed by atoms with Crippen LogP contribution in [0, 0.1) is 5.82 Å². The Labute approximate surface area is 131 Å². The number of benzene rings is 1. The average Bonchev–Trinajstić information content (AvgIpc) is 3.33. The lowest BCUT2D eigenvalue weighted by molar-refractivity contribution is -0.126. The summed E-state index contributed by atoms with van der Waals surface area (Å²) >= 11 is 0. The van der Waals surface area contributed by atoms with Gasteiger partial charge in [0.25, 0.3) is 0 Å².